The number of benzene rings is 1. The summed E-state index contributed by atoms with van der Waals surface area (Å²) in [6.45, 7) is 0. The Morgan fingerprint density at radius 1 is 1.18 bits per heavy atom. The zero-order chi connectivity index (χ0) is 7.68. The monoisotopic (exact) mass is 163 g/mol. The molecule has 2 aromatic rings. The number of thiophene rings is 1. The van der Waals surface area contributed by atoms with Crippen LogP contribution in [0.5, 0.6) is 0 Å². The molecular formula is C9H9NS. The summed E-state index contributed by atoms with van der Waals surface area (Å²) in [5, 5.41) is 10.1. The molecule has 0 spiro atoms. The Bertz CT molecular complexity index is 364. The van der Waals surface area contributed by atoms with Crippen molar-refractivity contribution < 1.29 is 0 Å². The molecular weight excluding hydrogens is 154 g/mol. The lowest BCUT2D eigenvalue weighted by molar-refractivity contribution is 1.54. The average Bonchev–Trinajstić information content (AvgIpc) is 2.50. The first-order valence-electron chi connectivity index (χ1n) is 3.54. The number of anilines is 1. The van der Waals surface area contributed by atoms with Gasteiger partial charge in [0.25, 0.3) is 0 Å². The maximum atomic E-state index is 3.11. The van der Waals surface area contributed by atoms with Crippen LogP contribution in [0.25, 0.3) is 10.8 Å². The second-order valence-electron chi connectivity index (χ2n) is 2.47. The van der Waals surface area contributed by atoms with Crippen LogP contribution in [0.4, 0.5) is 5.69 Å². The second-order valence-corrected chi connectivity index (χ2v) is 3.21. The smallest absolute Gasteiger partial charge is 0.0344 e. The molecule has 56 valence electrons. The Morgan fingerprint density at radius 2 is 2.00 bits per heavy atom. The van der Waals surface area contributed by atoms with Gasteiger partial charge in [0.1, 0.15) is 0 Å². The van der Waals surface area contributed by atoms with Gasteiger partial charge in [-0.05, 0) is 33.7 Å². The fourth-order valence-electron chi connectivity index (χ4n) is 1.12. The van der Waals surface area contributed by atoms with Gasteiger partial charge >= 0.3 is 0 Å². The first-order valence-corrected chi connectivity index (χ1v) is 4.48. The van der Waals surface area contributed by atoms with Crippen LogP contribution in [0.2, 0.25) is 0 Å². The fraction of sp³-hybridized carbons (Fsp3) is 0.111. The van der Waals surface area contributed by atoms with Crippen LogP contribution in [0.3, 0.4) is 0 Å². The lowest BCUT2D eigenvalue weighted by Crippen LogP contribution is -1.85. The van der Waals surface area contributed by atoms with Gasteiger partial charge in [0.2, 0.25) is 0 Å². The third-order valence-electron chi connectivity index (χ3n) is 1.77. The largest absolute Gasteiger partial charge is 0.388 e. The van der Waals surface area contributed by atoms with Crippen LogP contribution in [-0.4, -0.2) is 7.05 Å². The van der Waals surface area contributed by atoms with E-state index in [0.29, 0.717) is 0 Å². The zero-order valence-corrected chi connectivity index (χ0v) is 7.11. The van der Waals surface area contributed by atoms with Crippen LogP contribution in [0.1, 0.15) is 0 Å². The van der Waals surface area contributed by atoms with E-state index in [1.807, 2.05) is 7.05 Å². The highest BCUT2D eigenvalue weighted by atomic mass is 32.1. The van der Waals surface area contributed by atoms with E-state index in [0.717, 1.165) is 0 Å². The Kier molecular flexibility index (Phi) is 1.55. The van der Waals surface area contributed by atoms with Crippen LogP contribution in [-0.2, 0) is 0 Å². The molecule has 0 unspecified atom stereocenters. The van der Waals surface area contributed by atoms with E-state index in [4.69, 9.17) is 0 Å². The third-order valence-corrected chi connectivity index (χ3v) is 2.55. The third kappa shape index (κ3) is 1.10. The highest BCUT2D eigenvalue weighted by molar-refractivity contribution is 7.09. The van der Waals surface area contributed by atoms with Crippen molar-refractivity contribution in [1.82, 2.24) is 0 Å². The molecule has 0 saturated heterocycles. The fourth-order valence-corrected chi connectivity index (χ4v) is 1.90. The predicted octanol–water partition coefficient (Wildman–Crippen LogP) is 2.94. The van der Waals surface area contributed by atoms with E-state index in [1.165, 1.54) is 16.5 Å². The van der Waals surface area contributed by atoms with Crippen molar-refractivity contribution in [3.8, 4) is 0 Å². The Labute approximate surface area is 69.7 Å². The number of fused-ring (bicyclic) bond motifs is 1. The topological polar surface area (TPSA) is 12.0 Å². The molecule has 2 heteroatoms. The minimum Gasteiger partial charge on any atom is -0.388 e. The number of nitrogens with one attached hydrogen (secondary N) is 1. The summed E-state index contributed by atoms with van der Waals surface area (Å²) in [7, 11) is 1.94. The van der Waals surface area contributed by atoms with Crippen molar-refractivity contribution in [2.45, 2.75) is 0 Å². The average molecular weight is 163 g/mol. The van der Waals surface area contributed by atoms with Crippen LogP contribution in [0.15, 0.2) is 29.0 Å². The van der Waals surface area contributed by atoms with E-state index in [-0.39, 0.29) is 0 Å². The van der Waals surface area contributed by atoms with Gasteiger partial charge in [0.05, 0.1) is 0 Å². The zero-order valence-electron chi connectivity index (χ0n) is 6.29. The highest BCUT2D eigenvalue weighted by Crippen LogP contribution is 2.22. The number of hydrogen-bond donors (Lipinski definition) is 1. The molecule has 0 fully saturated rings. The normalized spacial score (nSPS) is 10.3. The molecule has 0 atom stereocenters. The summed E-state index contributed by atoms with van der Waals surface area (Å²) in [5.41, 5.74) is 1.18. The van der Waals surface area contributed by atoms with Crippen LogP contribution >= 0.6 is 11.3 Å². The summed E-state index contributed by atoms with van der Waals surface area (Å²) >= 11 is 1.74. The lowest BCUT2D eigenvalue weighted by Gasteiger charge is -1.97. The predicted molar refractivity (Wildman–Crippen MR) is 51.4 cm³/mol. The first-order chi connectivity index (χ1) is 5.40. The SMILES string of the molecule is CNc1ccc2cscc2c1. The molecule has 0 bridgehead atoms. The van der Waals surface area contributed by atoms with Gasteiger partial charge in [-0.2, -0.15) is 11.3 Å². The Morgan fingerprint density at radius 3 is 2.82 bits per heavy atom. The van der Waals surface area contributed by atoms with Crippen molar-refractivity contribution in [1.29, 1.82) is 0 Å². The van der Waals surface area contributed by atoms with E-state index in [1.54, 1.807) is 11.3 Å². The van der Waals surface area contributed by atoms with Crippen molar-refractivity contribution in [3.05, 3.63) is 29.0 Å². The van der Waals surface area contributed by atoms with Gasteiger partial charge in [0.15, 0.2) is 0 Å². The minimum atomic E-state index is 1.18. The molecule has 0 aliphatic heterocycles. The van der Waals surface area contributed by atoms with E-state index in [2.05, 4.69) is 34.3 Å². The van der Waals surface area contributed by atoms with Crippen LogP contribution < -0.4 is 5.32 Å². The molecule has 1 aromatic heterocycles. The standard InChI is InChI=1S/C9H9NS/c1-10-9-3-2-7-5-11-6-8(7)4-9/h2-6,10H,1H3. The van der Waals surface area contributed by atoms with E-state index >= 15 is 0 Å². The molecule has 0 aliphatic carbocycles. The molecule has 0 radical (unpaired) electrons. The molecule has 1 N–H and O–H groups in total. The molecule has 11 heavy (non-hydrogen) atoms. The van der Waals surface area contributed by atoms with E-state index in [9.17, 15) is 0 Å². The lowest BCUT2D eigenvalue weighted by atomic mass is 10.2. The van der Waals surface area contributed by atoms with Crippen molar-refractivity contribution in [2.24, 2.45) is 0 Å². The summed E-state index contributed by atoms with van der Waals surface area (Å²) in [6, 6.07) is 6.39. The maximum Gasteiger partial charge on any atom is 0.0344 e. The summed E-state index contributed by atoms with van der Waals surface area (Å²) in [5.74, 6) is 0. The quantitative estimate of drug-likeness (QED) is 0.681. The molecule has 0 saturated carbocycles. The van der Waals surface area contributed by atoms with Crippen molar-refractivity contribution in [3.63, 3.8) is 0 Å². The molecule has 1 heterocycles. The van der Waals surface area contributed by atoms with Crippen molar-refractivity contribution in [2.75, 3.05) is 12.4 Å². The minimum absolute atomic E-state index is 1.18. The first kappa shape index (κ1) is 6.68. The molecule has 1 nitrogen and oxygen atoms in total. The van der Waals surface area contributed by atoms with E-state index < -0.39 is 0 Å². The summed E-state index contributed by atoms with van der Waals surface area (Å²) < 4.78 is 0. The number of rotatable bonds is 1. The number of hydrogen-bond acceptors (Lipinski definition) is 2. The van der Waals surface area contributed by atoms with Crippen molar-refractivity contribution >= 4 is 27.8 Å². The molecule has 1 aromatic carbocycles. The van der Waals surface area contributed by atoms with Crippen LogP contribution in [0, 0.1) is 0 Å². The van der Waals surface area contributed by atoms with Gasteiger partial charge in [-0.25, -0.2) is 0 Å². The molecule has 0 amide bonds. The van der Waals surface area contributed by atoms with Gasteiger partial charge in [-0.15, -0.1) is 0 Å². The highest BCUT2D eigenvalue weighted by Gasteiger charge is 1.93. The van der Waals surface area contributed by atoms with Gasteiger partial charge in [-0.3, -0.25) is 0 Å². The maximum absolute atomic E-state index is 3.11. The van der Waals surface area contributed by atoms with Gasteiger partial charge in [0, 0.05) is 12.7 Å². The molecule has 0 aliphatic rings. The second kappa shape index (κ2) is 2.55. The molecule has 2 rings (SSSR count). The summed E-state index contributed by atoms with van der Waals surface area (Å²) in [4.78, 5) is 0. The summed E-state index contributed by atoms with van der Waals surface area (Å²) in [6.07, 6.45) is 0. The van der Waals surface area contributed by atoms with Gasteiger partial charge in [-0.1, -0.05) is 6.07 Å². The van der Waals surface area contributed by atoms with Gasteiger partial charge < -0.3 is 5.32 Å². The Hall–Kier alpha value is -1.02. The Balaban J connectivity index is 2.67.